The third kappa shape index (κ3) is 5.49. The van der Waals surface area contributed by atoms with Crippen molar-refractivity contribution in [2.24, 2.45) is 0 Å². The molecule has 0 saturated carbocycles. The number of hydrogen-bond acceptors (Lipinski definition) is 7. The SMILES string of the molecule is COc1ccc(Nc2nc3c(c(=O)[nH]2)[C@H](C(=O)Nc2ccccc2Sc2ccccc2)CC(=O)N3)cc1. The van der Waals surface area contributed by atoms with Gasteiger partial charge in [-0.25, -0.2) is 0 Å². The van der Waals surface area contributed by atoms with Crippen LogP contribution >= 0.6 is 11.8 Å². The molecular weight excluding hydrogens is 490 g/mol. The molecule has 0 radical (unpaired) electrons. The molecule has 1 aliphatic heterocycles. The Balaban J connectivity index is 1.39. The number of benzene rings is 3. The summed E-state index contributed by atoms with van der Waals surface area (Å²) < 4.78 is 5.15. The van der Waals surface area contributed by atoms with Gasteiger partial charge in [-0.3, -0.25) is 19.4 Å². The molecule has 10 heteroatoms. The van der Waals surface area contributed by atoms with Crippen LogP contribution in [-0.4, -0.2) is 28.9 Å². The second-order valence-electron chi connectivity index (χ2n) is 8.24. The van der Waals surface area contributed by atoms with E-state index in [2.05, 4.69) is 25.9 Å². The number of carbonyl (C=O) groups excluding carboxylic acids is 2. The zero-order valence-electron chi connectivity index (χ0n) is 19.8. The van der Waals surface area contributed by atoms with Gasteiger partial charge in [0.05, 0.1) is 24.3 Å². The van der Waals surface area contributed by atoms with Crippen LogP contribution in [0.3, 0.4) is 0 Å². The number of rotatable bonds is 7. The number of amides is 2. The first-order valence-electron chi connectivity index (χ1n) is 11.5. The average Bonchev–Trinajstić information content (AvgIpc) is 2.90. The molecule has 9 nitrogen and oxygen atoms in total. The fourth-order valence-electron chi connectivity index (χ4n) is 3.96. The largest absolute Gasteiger partial charge is 0.497 e. The Bertz CT molecular complexity index is 1510. The van der Waals surface area contributed by atoms with Crippen LogP contribution in [0, 0.1) is 0 Å². The van der Waals surface area contributed by atoms with E-state index in [0.29, 0.717) is 17.1 Å². The number of anilines is 4. The first-order chi connectivity index (χ1) is 18.0. The van der Waals surface area contributed by atoms with Gasteiger partial charge in [-0.2, -0.15) is 4.98 Å². The number of aromatic amines is 1. The fourth-order valence-corrected chi connectivity index (χ4v) is 4.88. The number of para-hydroxylation sites is 1. The quantitative estimate of drug-likeness (QED) is 0.281. The maximum absolute atomic E-state index is 13.4. The van der Waals surface area contributed by atoms with E-state index in [1.165, 1.54) is 11.8 Å². The summed E-state index contributed by atoms with van der Waals surface area (Å²) in [7, 11) is 1.57. The highest BCUT2D eigenvalue weighted by atomic mass is 32.2. The molecule has 2 amide bonds. The molecule has 5 rings (SSSR count). The number of hydrogen-bond donors (Lipinski definition) is 4. The highest BCUT2D eigenvalue weighted by Gasteiger charge is 2.35. The Kier molecular flexibility index (Phi) is 6.91. The number of methoxy groups -OCH3 is 1. The Morgan fingerprint density at radius 1 is 1.00 bits per heavy atom. The van der Waals surface area contributed by atoms with E-state index >= 15 is 0 Å². The zero-order valence-corrected chi connectivity index (χ0v) is 20.6. The molecule has 37 heavy (non-hydrogen) atoms. The number of H-pyrrole nitrogens is 1. The number of aromatic nitrogens is 2. The van der Waals surface area contributed by atoms with Crippen LogP contribution in [0.15, 0.2) is 93.4 Å². The highest BCUT2D eigenvalue weighted by molar-refractivity contribution is 7.99. The standard InChI is InChI=1S/C27H23N5O4S/c1-36-17-13-11-16(12-14-17)28-27-31-24-23(26(35)32-27)19(15-22(33)30-24)25(34)29-20-9-5-6-10-21(20)37-18-7-3-2-4-8-18/h2-14,19H,15H2,1H3,(H,29,34)(H3,28,30,31,32,33,35)/t19-/m1/s1. The number of carbonyl (C=O) groups is 2. The first kappa shape index (κ1) is 24.1. The van der Waals surface area contributed by atoms with Crippen LogP contribution in [0.25, 0.3) is 0 Å². The molecule has 0 unspecified atom stereocenters. The summed E-state index contributed by atoms with van der Waals surface area (Å²) in [6.45, 7) is 0. The second kappa shape index (κ2) is 10.6. The summed E-state index contributed by atoms with van der Waals surface area (Å²) >= 11 is 1.51. The van der Waals surface area contributed by atoms with Crippen molar-refractivity contribution in [3.63, 3.8) is 0 Å². The molecule has 186 valence electrons. The minimum atomic E-state index is -0.996. The topological polar surface area (TPSA) is 125 Å². The molecule has 0 saturated heterocycles. The van der Waals surface area contributed by atoms with Gasteiger partial charge in [-0.05, 0) is 48.5 Å². The van der Waals surface area contributed by atoms with Gasteiger partial charge in [0.25, 0.3) is 5.56 Å². The lowest BCUT2D eigenvalue weighted by atomic mass is 9.92. The van der Waals surface area contributed by atoms with E-state index < -0.39 is 23.3 Å². The predicted octanol–water partition coefficient (Wildman–Crippen LogP) is 4.74. The van der Waals surface area contributed by atoms with Gasteiger partial charge in [-0.15, -0.1) is 0 Å². The van der Waals surface area contributed by atoms with Crippen molar-refractivity contribution in [1.29, 1.82) is 0 Å². The maximum atomic E-state index is 13.4. The lowest BCUT2D eigenvalue weighted by Gasteiger charge is -2.24. The van der Waals surface area contributed by atoms with Crippen LogP contribution in [0.2, 0.25) is 0 Å². The van der Waals surface area contributed by atoms with Crippen molar-refractivity contribution in [3.8, 4) is 5.75 Å². The van der Waals surface area contributed by atoms with Crippen LogP contribution < -0.4 is 26.2 Å². The molecule has 1 atom stereocenters. The van der Waals surface area contributed by atoms with Gasteiger partial charge >= 0.3 is 0 Å². The molecule has 1 aromatic heterocycles. The molecule has 3 aromatic carbocycles. The van der Waals surface area contributed by atoms with Gasteiger partial charge < -0.3 is 20.7 Å². The molecular formula is C27H23N5O4S. The smallest absolute Gasteiger partial charge is 0.258 e. The first-order valence-corrected chi connectivity index (χ1v) is 12.3. The van der Waals surface area contributed by atoms with E-state index in [9.17, 15) is 14.4 Å². The molecule has 4 aromatic rings. The molecule has 0 aliphatic carbocycles. The van der Waals surface area contributed by atoms with Crippen LogP contribution in [0.1, 0.15) is 17.9 Å². The summed E-state index contributed by atoms with van der Waals surface area (Å²) in [5, 5.41) is 8.53. The maximum Gasteiger partial charge on any atom is 0.258 e. The number of nitrogens with one attached hydrogen (secondary N) is 4. The van der Waals surface area contributed by atoms with Gasteiger partial charge in [-0.1, -0.05) is 42.1 Å². The Morgan fingerprint density at radius 3 is 2.49 bits per heavy atom. The van der Waals surface area contributed by atoms with Gasteiger partial charge in [0.2, 0.25) is 17.8 Å². The summed E-state index contributed by atoms with van der Waals surface area (Å²) in [5.41, 5.74) is 0.864. The van der Waals surface area contributed by atoms with Crippen molar-refractivity contribution < 1.29 is 14.3 Å². The second-order valence-corrected chi connectivity index (χ2v) is 9.35. The van der Waals surface area contributed by atoms with E-state index in [1.54, 1.807) is 37.4 Å². The minimum Gasteiger partial charge on any atom is -0.497 e. The molecule has 4 N–H and O–H groups in total. The van der Waals surface area contributed by atoms with Gasteiger partial charge in [0, 0.05) is 21.9 Å². The summed E-state index contributed by atoms with van der Waals surface area (Å²) in [4.78, 5) is 47.8. The normalized spacial score (nSPS) is 14.3. The minimum absolute atomic E-state index is 0.0584. The Hall–Kier alpha value is -4.57. The van der Waals surface area contributed by atoms with Gasteiger partial charge in [0.1, 0.15) is 11.6 Å². The van der Waals surface area contributed by atoms with Crippen LogP contribution in [-0.2, 0) is 9.59 Å². The average molecular weight is 514 g/mol. The van der Waals surface area contributed by atoms with Gasteiger partial charge in [0.15, 0.2) is 0 Å². The lowest BCUT2D eigenvalue weighted by Crippen LogP contribution is -2.36. The lowest BCUT2D eigenvalue weighted by molar-refractivity contribution is -0.123. The summed E-state index contributed by atoms with van der Waals surface area (Å²) in [6, 6.07) is 24.2. The van der Waals surface area contributed by atoms with Crippen LogP contribution in [0.4, 0.5) is 23.1 Å². The van der Waals surface area contributed by atoms with E-state index in [4.69, 9.17) is 4.74 Å². The summed E-state index contributed by atoms with van der Waals surface area (Å²) in [6.07, 6.45) is -0.164. The van der Waals surface area contributed by atoms with E-state index in [-0.39, 0.29) is 23.8 Å². The molecule has 2 heterocycles. The number of fused-ring (bicyclic) bond motifs is 1. The Morgan fingerprint density at radius 2 is 1.73 bits per heavy atom. The van der Waals surface area contributed by atoms with Crippen molar-refractivity contribution in [1.82, 2.24) is 9.97 Å². The molecule has 0 spiro atoms. The molecule has 0 fully saturated rings. The number of ether oxygens (including phenoxy) is 1. The Labute approximate surface area is 216 Å². The predicted molar refractivity (Wildman–Crippen MR) is 143 cm³/mol. The fraction of sp³-hybridized carbons (Fsp3) is 0.111. The van der Waals surface area contributed by atoms with Crippen LogP contribution in [0.5, 0.6) is 5.75 Å². The molecule has 1 aliphatic rings. The molecule has 0 bridgehead atoms. The van der Waals surface area contributed by atoms with Crippen molar-refractivity contribution >= 4 is 46.7 Å². The van der Waals surface area contributed by atoms with E-state index in [0.717, 1.165) is 9.79 Å². The zero-order chi connectivity index (χ0) is 25.8. The van der Waals surface area contributed by atoms with E-state index in [1.807, 2.05) is 48.5 Å². The monoisotopic (exact) mass is 513 g/mol. The summed E-state index contributed by atoms with van der Waals surface area (Å²) in [5.74, 6) is -0.969. The third-order valence-electron chi connectivity index (χ3n) is 5.74. The van der Waals surface area contributed by atoms with Crippen molar-refractivity contribution in [2.45, 2.75) is 22.1 Å². The van der Waals surface area contributed by atoms with Crippen molar-refractivity contribution in [3.05, 3.63) is 94.8 Å². The van der Waals surface area contributed by atoms with Crippen molar-refractivity contribution in [2.75, 3.05) is 23.1 Å². The third-order valence-corrected chi connectivity index (χ3v) is 6.82. The number of nitrogens with zero attached hydrogens (tertiary/aromatic N) is 1. The highest BCUT2D eigenvalue weighted by Crippen LogP contribution is 2.35.